The largest absolute Gasteiger partial charge is 0.489 e. The van der Waals surface area contributed by atoms with Gasteiger partial charge in [0, 0.05) is 6.07 Å². The normalized spacial score (nSPS) is 11.0. The van der Waals surface area contributed by atoms with Gasteiger partial charge in [0.2, 0.25) is 5.91 Å². The second kappa shape index (κ2) is 7.95. The lowest BCUT2D eigenvalue weighted by Gasteiger charge is -2.20. The average molecular weight is 363 g/mol. The molecule has 0 radical (unpaired) electrons. The summed E-state index contributed by atoms with van der Waals surface area (Å²) in [4.78, 5) is 23.8. The number of nitrogens with one attached hydrogen (secondary N) is 1. The molecule has 1 amide bonds. The zero-order valence-corrected chi connectivity index (χ0v) is 14.6. The molecule has 0 saturated carbocycles. The number of ether oxygens (including phenoxy) is 2. The Kier molecular flexibility index (Phi) is 5.92. The predicted molar refractivity (Wildman–Crippen MR) is 91.6 cm³/mol. The molecule has 0 heterocycles. The molecule has 1 N–H and O–H groups in total. The molecule has 26 heavy (non-hydrogen) atoms. The Bertz CT molecular complexity index is 804. The molecule has 2 rings (SSSR count). The van der Waals surface area contributed by atoms with E-state index in [4.69, 9.17) is 4.74 Å². The van der Waals surface area contributed by atoms with Crippen molar-refractivity contribution in [3.63, 3.8) is 0 Å². The molecule has 0 aliphatic heterocycles. The van der Waals surface area contributed by atoms with E-state index in [1.165, 1.54) is 45.2 Å². The van der Waals surface area contributed by atoms with E-state index in [2.05, 4.69) is 10.1 Å². The SMILES string of the molecule is COC(=O)C(C)(C)C(=O)Nc1ccc(OCc2ccc(F)cc2)cc1F. The first-order chi connectivity index (χ1) is 12.2. The van der Waals surface area contributed by atoms with Gasteiger partial charge in [-0.25, -0.2) is 8.78 Å². The molecular formula is C19H19F2NO4. The standard InChI is InChI=1S/C19H19F2NO4/c1-19(2,18(24)25-3)17(23)22-16-9-8-14(10-15(16)21)26-11-12-4-6-13(20)7-5-12/h4-10H,11H2,1-3H3,(H,22,23). The van der Waals surface area contributed by atoms with E-state index in [1.54, 1.807) is 12.1 Å². The van der Waals surface area contributed by atoms with Gasteiger partial charge in [-0.05, 0) is 43.7 Å². The van der Waals surface area contributed by atoms with Gasteiger partial charge in [0.1, 0.15) is 29.4 Å². The lowest BCUT2D eigenvalue weighted by atomic mass is 9.92. The number of rotatable bonds is 6. The van der Waals surface area contributed by atoms with Crippen molar-refractivity contribution in [3.8, 4) is 5.75 Å². The third kappa shape index (κ3) is 4.56. The van der Waals surface area contributed by atoms with Gasteiger partial charge in [0.25, 0.3) is 0 Å². The highest BCUT2D eigenvalue weighted by molar-refractivity contribution is 6.08. The number of hydrogen-bond donors (Lipinski definition) is 1. The maximum absolute atomic E-state index is 14.2. The van der Waals surface area contributed by atoms with Crippen molar-refractivity contribution < 1.29 is 27.8 Å². The summed E-state index contributed by atoms with van der Waals surface area (Å²) in [5.74, 6) is -2.24. The van der Waals surface area contributed by atoms with Gasteiger partial charge in [-0.15, -0.1) is 0 Å². The first-order valence-electron chi connectivity index (χ1n) is 7.80. The minimum Gasteiger partial charge on any atom is -0.489 e. The predicted octanol–water partition coefficient (Wildman–Crippen LogP) is 3.68. The summed E-state index contributed by atoms with van der Waals surface area (Å²) in [6.45, 7) is 2.90. The summed E-state index contributed by atoms with van der Waals surface area (Å²) in [6.07, 6.45) is 0. The summed E-state index contributed by atoms with van der Waals surface area (Å²) < 4.78 is 37.1. The molecule has 0 fully saturated rings. The second-order valence-electron chi connectivity index (χ2n) is 6.13. The van der Waals surface area contributed by atoms with Gasteiger partial charge >= 0.3 is 5.97 Å². The van der Waals surface area contributed by atoms with Gasteiger partial charge in [0.15, 0.2) is 0 Å². The maximum atomic E-state index is 14.2. The van der Waals surface area contributed by atoms with Crippen LogP contribution >= 0.6 is 0 Å². The van der Waals surface area contributed by atoms with Crippen molar-refractivity contribution in [3.05, 3.63) is 59.7 Å². The molecule has 7 heteroatoms. The van der Waals surface area contributed by atoms with Crippen LogP contribution in [0.15, 0.2) is 42.5 Å². The number of benzene rings is 2. The van der Waals surface area contributed by atoms with Crippen molar-refractivity contribution >= 4 is 17.6 Å². The van der Waals surface area contributed by atoms with Crippen LogP contribution in [0, 0.1) is 17.0 Å². The van der Waals surface area contributed by atoms with E-state index in [9.17, 15) is 18.4 Å². The Labute approximate surface area is 149 Å². The molecule has 0 spiro atoms. The van der Waals surface area contributed by atoms with Gasteiger partial charge in [0.05, 0.1) is 12.8 Å². The van der Waals surface area contributed by atoms with E-state index in [0.29, 0.717) is 0 Å². The highest BCUT2D eigenvalue weighted by Crippen LogP contribution is 2.25. The van der Waals surface area contributed by atoms with Crippen LogP contribution in [0.4, 0.5) is 14.5 Å². The van der Waals surface area contributed by atoms with Gasteiger partial charge in [-0.2, -0.15) is 0 Å². The van der Waals surface area contributed by atoms with E-state index in [0.717, 1.165) is 11.6 Å². The highest BCUT2D eigenvalue weighted by Gasteiger charge is 2.37. The number of carbonyl (C=O) groups is 2. The molecule has 0 aromatic heterocycles. The summed E-state index contributed by atoms with van der Waals surface area (Å²) in [5, 5.41) is 2.36. The first kappa shape index (κ1) is 19.4. The second-order valence-corrected chi connectivity index (χ2v) is 6.13. The summed E-state index contributed by atoms with van der Waals surface area (Å²) in [5.41, 5.74) is -0.816. The summed E-state index contributed by atoms with van der Waals surface area (Å²) >= 11 is 0. The van der Waals surface area contributed by atoms with Crippen molar-refractivity contribution in [1.29, 1.82) is 0 Å². The van der Waals surface area contributed by atoms with E-state index in [1.807, 2.05) is 0 Å². The topological polar surface area (TPSA) is 64.6 Å². The smallest absolute Gasteiger partial charge is 0.320 e. The van der Waals surface area contributed by atoms with Crippen LogP contribution in [0.3, 0.4) is 0 Å². The van der Waals surface area contributed by atoms with Crippen LogP contribution in [-0.4, -0.2) is 19.0 Å². The number of hydrogen-bond acceptors (Lipinski definition) is 4. The fraction of sp³-hybridized carbons (Fsp3) is 0.263. The Morgan fingerprint density at radius 1 is 1.08 bits per heavy atom. The fourth-order valence-electron chi connectivity index (χ4n) is 2.06. The Morgan fingerprint density at radius 3 is 2.31 bits per heavy atom. The number of amides is 1. The number of carbonyl (C=O) groups excluding carboxylic acids is 2. The number of methoxy groups -OCH3 is 1. The van der Waals surface area contributed by atoms with Crippen LogP contribution < -0.4 is 10.1 Å². The molecule has 2 aromatic carbocycles. The third-order valence-corrected chi connectivity index (χ3v) is 3.77. The molecule has 5 nitrogen and oxygen atoms in total. The van der Waals surface area contributed by atoms with E-state index in [-0.39, 0.29) is 23.9 Å². The van der Waals surface area contributed by atoms with Crippen LogP contribution in [0.25, 0.3) is 0 Å². The van der Waals surface area contributed by atoms with E-state index >= 15 is 0 Å². The number of halogens is 2. The minimum absolute atomic E-state index is 0.0823. The number of anilines is 1. The molecule has 138 valence electrons. The lowest BCUT2D eigenvalue weighted by molar-refractivity contribution is -0.154. The molecule has 0 atom stereocenters. The van der Waals surface area contributed by atoms with Gasteiger partial charge < -0.3 is 14.8 Å². The molecule has 0 aliphatic rings. The van der Waals surface area contributed by atoms with Crippen LogP contribution in [0.1, 0.15) is 19.4 Å². The Balaban J connectivity index is 2.03. The van der Waals surface area contributed by atoms with Crippen molar-refractivity contribution in [2.75, 3.05) is 12.4 Å². The van der Waals surface area contributed by atoms with Crippen LogP contribution in [0.2, 0.25) is 0 Å². The minimum atomic E-state index is -1.46. The Morgan fingerprint density at radius 2 is 1.73 bits per heavy atom. The van der Waals surface area contributed by atoms with Crippen molar-refractivity contribution in [2.45, 2.75) is 20.5 Å². The zero-order valence-electron chi connectivity index (χ0n) is 14.6. The quantitative estimate of drug-likeness (QED) is 0.628. The average Bonchev–Trinajstić information content (AvgIpc) is 2.62. The maximum Gasteiger partial charge on any atom is 0.320 e. The zero-order chi connectivity index (χ0) is 19.3. The molecule has 2 aromatic rings. The third-order valence-electron chi connectivity index (χ3n) is 3.77. The molecule has 0 bridgehead atoms. The van der Waals surface area contributed by atoms with Crippen LogP contribution in [-0.2, 0) is 20.9 Å². The lowest BCUT2D eigenvalue weighted by Crippen LogP contribution is -2.39. The fourth-order valence-corrected chi connectivity index (χ4v) is 2.06. The van der Waals surface area contributed by atoms with E-state index < -0.39 is 23.1 Å². The van der Waals surface area contributed by atoms with Crippen molar-refractivity contribution in [2.24, 2.45) is 5.41 Å². The summed E-state index contributed by atoms with van der Waals surface area (Å²) in [6, 6.07) is 9.67. The molecule has 0 unspecified atom stereocenters. The molecular weight excluding hydrogens is 344 g/mol. The Hall–Kier alpha value is -2.96. The highest BCUT2D eigenvalue weighted by atomic mass is 19.1. The summed E-state index contributed by atoms with van der Waals surface area (Å²) in [7, 11) is 1.17. The van der Waals surface area contributed by atoms with Crippen LogP contribution in [0.5, 0.6) is 5.75 Å². The van der Waals surface area contributed by atoms with Gasteiger partial charge in [-0.1, -0.05) is 12.1 Å². The van der Waals surface area contributed by atoms with Gasteiger partial charge in [-0.3, -0.25) is 9.59 Å². The molecule has 0 saturated heterocycles. The monoisotopic (exact) mass is 363 g/mol. The number of esters is 1. The molecule has 0 aliphatic carbocycles. The first-order valence-corrected chi connectivity index (χ1v) is 7.80. The van der Waals surface area contributed by atoms with Crippen molar-refractivity contribution in [1.82, 2.24) is 0 Å².